The van der Waals surface area contributed by atoms with Crippen LogP contribution < -0.4 is 11.1 Å². The van der Waals surface area contributed by atoms with Crippen LogP contribution in [0.15, 0.2) is 24.3 Å². The molecule has 4 N–H and O–H groups in total. The van der Waals surface area contributed by atoms with E-state index >= 15 is 0 Å². The van der Waals surface area contributed by atoms with E-state index in [-0.39, 0.29) is 12.0 Å². The Kier molecular flexibility index (Phi) is 7.21. The summed E-state index contributed by atoms with van der Waals surface area (Å²) >= 11 is 0. The highest BCUT2D eigenvalue weighted by Gasteiger charge is 2.17. The number of nitrogens with one attached hydrogen (secondary N) is 1. The van der Waals surface area contributed by atoms with Crippen molar-refractivity contribution >= 4 is 5.91 Å². The lowest BCUT2D eigenvalue weighted by molar-refractivity contribution is -0.122. The SMILES string of the molecule is CC(C)C[C@H](N)C(=O)NCc1ccc(CN2CCC(O)CC2)cc1. The van der Waals surface area contributed by atoms with Gasteiger partial charge in [0.1, 0.15) is 0 Å². The second-order valence-electron chi connectivity index (χ2n) is 7.28. The van der Waals surface area contributed by atoms with Crippen LogP contribution >= 0.6 is 0 Å². The van der Waals surface area contributed by atoms with Crippen molar-refractivity contribution in [3.63, 3.8) is 0 Å². The van der Waals surface area contributed by atoms with Crippen molar-refractivity contribution in [3.05, 3.63) is 35.4 Å². The Hall–Kier alpha value is -1.43. The Morgan fingerprint density at radius 3 is 2.42 bits per heavy atom. The summed E-state index contributed by atoms with van der Waals surface area (Å²) in [5.74, 6) is 0.334. The average molecular weight is 333 g/mol. The van der Waals surface area contributed by atoms with Crippen molar-refractivity contribution in [1.29, 1.82) is 0 Å². The summed E-state index contributed by atoms with van der Waals surface area (Å²) in [4.78, 5) is 14.3. The van der Waals surface area contributed by atoms with Gasteiger partial charge in [-0.25, -0.2) is 0 Å². The van der Waals surface area contributed by atoms with Crippen molar-refractivity contribution in [2.45, 2.75) is 58.3 Å². The monoisotopic (exact) mass is 333 g/mol. The highest BCUT2D eigenvalue weighted by molar-refractivity contribution is 5.81. The van der Waals surface area contributed by atoms with Crippen LogP contribution in [0.5, 0.6) is 0 Å². The van der Waals surface area contributed by atoms with Crippen molar-refractivity contribution in [2.24, 2.45) is 11.7 Å². The molecule has 24 heavy (non-hydrogen) atoms. The van der Waals surface area contributed by atoms with Gasteiger partial charge in [-0.2, -0.15) is 0 Å². The number of likely N-dealkylation sites (tertiary alicyclic amines) is 1. The van der Waals surface area contributed by atoms with Gasteiger partial charge >= 0.3 is 0 Å². The van der Waals surface area contributed by atoms with Gasteiger partial charge in [0.05, 0.1) is 12.1 Å². The Labute approximate surface area is 145 Å². The van der Waals surface area contributed by atoms with Gasteiger partial charge in [0.25, 0.3) is 0 Å². The molecule has 1 aromatic carbocycles. The number of carbonyl (C=O) groups excluding carboxylic acids is 1. The number of nitrogens with two attached hydrogens (primary N) is 1. The van der Waals surface area contributed by atoms with Crippen LogP contribution in [0.25, 0.3) is 0 Å². The molecular weight excluding hydrogens is 302 g/mol. The lowest BCUT2D eigenvalue weighted by Gasteiger charge is -2.29. The minimum Gasteiger partial charge on any atom is -0.393 e. The number of carbonyl (C=O) groups is 1. The van der Waals surface area contributed by atoms with Crippen molar-refractivity contribution < 1.29 is 9.90 Å². The van der Waals surface area contributed by atoms with E-state index in [2.05, 4.69) is 48.3 Å². The molecule has 5 heteroatoms. The Bertz CT molecular complexity index is 508. The molecule has 134 valence electrons. The summed E-state index contributed by atoms with van der Waals surface area (Å²) in [6.45, 7) is 7.46. The fourth-order valence-corrected chi connectivity index (χ4v) is 3.03. The molecule has 0 aliphatic carbocycles. The number of piperidine rings is 1. The van der Waals surface area contributed by atoms with Crippen LogP contribution in [-0.2, 0) is 17.9 Å². The van der Waals surface area contributed by atoms with E-state index in [1.807, 2.05) is 0 Å². The maximum atomic E-state index is 11.9. The van der Waals surface area contributed by atoms with Gasteiger partial charge < -0.3 is 16.2 Å². The molecule has 1 fully saturated rings. The minimum absolute atomic E-state index is 0.0837. The van der Waals surface area contributed by atoms with E-state index in [4.69, 9.17) is 5.73 Å². The number of amides is 1. The number of nitrogens with zero attached hydrogens (tertiary/aromatic N) is 1. The molecule has 1 aromatic rings. The Morgan fingerprint density at radius 1 is 1.25 bits per heavy atom. The third-order valence-corrected chi connectivity index (χ3v) is 4.52. The van der Waals surface area contributed by atoms with E-state index in [0.717, 1.165) is 38.0 Å². The highest BCUT2D eigenvalue weighted by atomic mass is 16.3. The van der Waals surface area contributed by atoms with Crippen molar-refractivity contribution in [3.8, 4) is 0 Å². The molecule has 0 spiro atoms. The number of aliphatic hydroxyl groups excluding tert-OH is 1. The first-order chi connectivity index (χ1) is 11.4. The molecule has 0 unspecified atom stereocenters. The predicted molar refractivity (Wildman–Crippen MR) is 96.2 cm³/mol. The molecule has 2 rings (SSSR count). The second-order valence-corrected chi connectivity index (χ2v) is 7.28. The van der Waals surface area contributed by atoms with E-state index in [1.165, 1.54) is 5.56 Å². The molecule has 0 saturated carbocycles. The zero-order valence-electron chi connectivity index (χ0n) is 14.9. The van der Waals surface area contributed by atoms with E-state index < -0.39 is 6.04 Å². The zero-order valence-corrected chi connectivity index (χ0v) is 14.9. The summed E-state index contributed by atoms with van der Waals surface area (Å²) in [6.07, 6.45) is 2.30. The molecule has 1 heterocycles. The average Bonchev–Trinajstić information content (AvgIpc) is 2.55. The first-order valence-corrected chi connectivity index (χ1v) is 8.95. The lowest BCUT2D eigenvalue weighted by Crippen LogP contribution is -2.41. The van der Waals surface area contributed by atoms with Crippen molar-refractivity contribution in [1.82, 2.24) is 10.2 Å². The maximum absolute atomic E-state index is 11.9. The van der Waals surface area contributed by atoms with E-state index in [0.29, 0.717) is 18.9 Å². The third-order valence-electron chi connectivity index (χ3n) is 4.52. The normalized spacial score (nSPS) is 17.9. The molecule has 5 nitrogen and oxygen atoms in total. The molecule has 1 aliphatic rings. The van der Waals surface area contributed by atoms with Gasteiger partial charge in [-0.1, -0.05) is 38.1 Å². The predicted octanol–water partition coefficient (Wildman–Crippen LogP) is 1.63. The molecule has 0 bridgehead atoms. The first-order valence-electron chi connectivity index (χ1n) is 8.95. The standard InChI is InChI=1S/C19H31N3O2/c1-14(2)11-18(20)19(24)21-12-15-3-5-16(6-4-15)13-22-9-7-17(23)8-10-22/h3-6,14,17-18,23H,7-13,20H2,1-2H3,(H,21,24)/t18-/m0/s1. The van der Waals surface area contributed by atoms with Crippen LogP contribution in [0.1, 0.15) is 44.2 Å². The highest BCUT2D eigenvalue weighted by Crippen LogP contribution is 2.14. The van der Waals surface area contributed by atoms with Gasteiger partial charge in [0.2, 0.25) is 5.91 Å². The number of hydrogen-bond acceptors (Lipinski definition) is 4. The second kappa shape index (κ2) is 9.16. The fourth-order valence-electron chi connectivity index (χ4n) is 3.03. The summed E-state index contributed by atoms with van der Waals surface area (Å²) in [7, 11) is 0. The molecule has 0 radical (unpaired) electrons. The summed E-state index contributed by atoms with van der Waals surface area (Å²) < 4.78 is 0. The molecule has 1 amide bonds. The Balaban J connectivity index is 1.76. The summed E-state index contributed by atoms with van der Waals surface area (Å²) in [5, 5.41) is 12.5. The van der Waals surface area contributed by atoms with Gasteiger partial charge in [-0.3, -0.25) is 9.69 Å². The van der Waals surface area contributed by atoms with Crippen LogP contribution in [0.4, 0.5) is 0 Å². The molecule has 0 aromatic heterocycles. The van der Waals surface area contributed by atoms with Gasteiger partial charge in [-0.15, -0.1) is 0 Å². The lowest BCUT2D eigenvalue weighted by atomic mass is 10.0. The first kappa shape index (κ1) is 18.9. The zero-order chi connectivity index (χ0) is 17.5. The number of hydrogen-bond donors (Lipinski definition) is 3. The maximum Gasteiger partial charge on any atom is 0.237 e. The molecular formula is C19H31N3O2. The third kappa shape index (κ3) is 6.23. The van der Waals surface area contributed by atoms with Crippen molar-refractivity contribution in [2.75, 3.05) is 13.1 Å². The van der Waals surface area contributed by atoms with Crippen LogP contribution in [0.2, 0.25) is 0 Å². The number of rotatable bonds is 7. The van der Waals surface area contributed by atoms with Gasteiger partial charge in [0, 0.05) is 26.2 Å². The summed E-state index contributed by atoms with van der Waals surface area (Å²) in [6, 6.07) is 7.91. The largest absolute Gasteiger partial charge is 0.393 e. The Morgan fingerprint density at radius 2 is 1.83 bits per heavy atom. The van der Waals surface area contributed by atoms with E-state index in [9.17, 15) is 9.90 Å². The smallest absolute Gasteiger partial charge is 0.237 e. The number of aliphatic hydroxyl groups is 1. The number of benzene rings is 1. The molecule has 1 atom stereocenters. The van der Waals surface area contributed by atoms with Crippen LogP contribution in [0.3, 0.4) is 0 Å². The molecule has 1 saturated heterocycles. The van der Waals surface area contributed by atoms with Crippen LogP contribution in [0, 0.1) is 5.92 Å². The van der Waals surface area contributed by atoms with E-state index in [1.54, 1.807) is 0 Å². The minimum atomic E-state index is -0.432. The van der Waals surface area contributed by atoms with Gasteiger partial charge in [0.15, 0.2) is 0 Å². The topological polar surface area (TPSA) is 78.6 Å². The molecule has 1 aliphatic heterocycles. The summed E-state index contributed by atoms with van der Waals surface area (Å²) in [5.41, 5.74) is 8.23. The van der Waals surface area contributed by atoms with Gasteiger partial charge in [-0.05, 0) is 36.3 Å². The quantitative estimate of drug-likeness (QED) is 0.709. The van der Waals surface area contributed by atoms with Crippen LogP contribution in [-0.4, -0.2) is 41.1 Å². The fraction of sp³-hybridized carbons (Fsp3) is 0.632.